The van der Waals surface area contributed by atoms with Gasteiger partial charge in [0.15, 0.2) is 0 Å². The van der Waals surface area contributed by atoms with Gasteiger partial charge in [-0.25, -0.2) is 4.68 Å². The van der Waals surface area contributed by atoms with Crippen LogP contribution in [0.15, 0.2) is 0 Å². The SMILES string of the molecule is CNCc1nnn(CC2CC2)c1C1CCCC1. The van der Waals surface area contributed by atoms with Crippen LogP contribution in [0.4, 0.5) is 0 Å². The number of nitrogens with one attached hydrogen (secondary N) is 1. The summed E-state index contributed by atoms with van der Waals surface area (Å²) in [7, 11) is 1.98. The zero-order chi connectivity index (χ0) is 11.7. The highest BCUT2D eigenvalue weighted by molar-refractivity contribution is 5.17. The number of rotatable bonds is 5. The molecule has 17 heavy (non-hydrogen) atoms. The molecule has 0 amide bonds. The predicted octanol–water partition coefficient (Wildman–Crippen LogP) is 2.07. The highest BCUT2D eigenvalue weighted by atomic mass is 15.4. The van der Waals surface area contributed by atoms with Gasteiger partial charge < -0.3 is 5.32 Å². The second-order valence-corrected chi connectivity index (χ2v) is 5.56. The van der Waals surface area contributed by atoms with Gasteiger partial charge in [-0.3, -0.25) is 0 Å². The fraction of sp³-hybridized carbons (Fsp3) is 0.846. The number of hydrogen-bond acceptors (Lipinski definition) is 3. The molecule has 4 heteroatoms. The molecule has 0 unspecified atom stereocenters. The van der Waals surface area contributed by atoms with Gasteiger partial charge in [-0.2, -0.15) is 0 Å². The maximum atomic E-state index is 4.39. The van der Waals surface area contributed by atoms with Gasteiger partial charge in [0.1, 0.15) is 0 Å². The zero-order valence-electron chi connectivity index (χ0n) is 10.7. The van der Waals surface area contributed by atoms with Gasteiger partial charge in [0.25, 0.3) is 0 Å². The Hall–Kier alpha value is -0.900. The summed E-state index contributed by atoms with van der Waals surface area (Å²) < 4.78 is 2.21. The molecule has 2 aliphatic rings. The van der Waals surface area contributed by atoms with Gasteiger partial charge in [-0.05, 0) is 38.6 Å². The van der Waals surface area contributed by atoms with Crippen molar-refractivity contribution in [2.75, 3.05) is 7.05 Å². The lowest BCUT2D eigenvalue weighted by Crippen LogP contribution is -2.13. The second-order valence-electron chi connectivity index (χ2n) is 5.56. The summed E-state index contributed by atoms with van der Waals surface area (Å²) in [6.45, 7) is 1.96. The third-order valence-corrected chi connectivity index (χ3v) is 4.06. The maximum absolute atomic E-state index is 4.39. The Morgan fingerprint density at radius 3 is 2.65 bits per heavy atom. The predicted molar refractivity (Wildman–Crippen MR) is 66.7 cm³/mol. The molecule has 0 bridgehead atoms. The Bertz CT molecular complexity index is 375. The second kappa shape index (κ2) is 4.77. The van der Waals surface area contributed by atoms with Crippen LogP contribution in [-0.4, -0.2) is 22.0 Å². The summed E-state index contributed by atoms with van der Waals surface area (Å²) in [6.07, 6.45) is 8.16. The Morgan fingerprint density at radius 2 is 2.00 bits per heavy atom. The first-order valence-corrected chi connectivity index (χ1v) is 6.95. The van der Waals surface area contributed by atoms with Crippen LogP contribution in [0.1, 0.15) is 55.8 Å². The van der Waals surface area contributed by atoms with Crippen molar-refractivity contribution in [1.82, 2.24) is 20.3 Å². The van der Waals surface area contributed by atoms with Crippen molar-refractivity contribution in [2.45, 2.75) is 57.5 Å². The van der Waals surface area contributed by atoms with Crippen LogP contribution in [0.2, 0.25) is 0 Å². The lowest BCUT2D eigenvalue weighted by Gasteiger charge is -2.13. The first kappa shape index (κ1) is 11.2. The normalized spacial score (nSPS) is 21.2. The summed E-state index contributed by atoms with van der Waals surface area (Å²) in [5.74, 6) is 1.59. The average Bonchev–Trinajstić information content (AvgIpc) is 2.83. The lowest BCUT2D eigenvalue weighted by atomic mass is 10.0. The average molecular weight is 234 g/mol. The van der Waals surface area contributed by atoms with Crippen LogP contribution < -0.4 is 5.32 Å². The number of hydrogen-bond donors (Lipinski definition) is 1. The third kappa shape index (κ3) is 2.37. The molecule has 0 radical (unpaired) electrons. The molecule has 1 N–H and O–H groups in total. The number of aromatic nitrogens is 3. The van der Waals surface area contributed by atoms with E-state index in [9.17, 15) is 0 Å². The lowest BCUT2D eigenvalue weighted by molar-refractivity contribution is 0.499. The van der Waals surface area contributed by atoms with Crippen LogP contribution in [0.3, 0.4) is 0 Å². The van der Waals surface area contributed by atoms with E-state index in [0.29, 0.717) is 5.92 Å². The van der Waals surface area contributed by atoms with E-state index in [0.717, 1.165) is 19.0 Å². The minimum Gasteiger partial charge on any atom is -0.314 e. The van der Waals surface area contributed by atoms with Crippen molar-refractivity contribution >= 4 is 0 Å². The highest BCUT2D eigenvalue weighted by Crippen LogP contribution is 2.37. The molecule has 0 aromatic carbocycles. The topological polar surface area (TPSA) is 42.7 Å². The Labute approximate surface area is 103 Å². The molecule has 1 aromatic rings. The molecule has 4 nitrogen and oxygen atoms in total. The molecule has 0 atom stereocenters. The van der Waals surface area contributed by atoms with E-state index in [1.807, 2.05) is 7.05 Å². The van der Waals surface area contributed by atoms with E-state index in [2.05, 4.69) is 20.3 Å². The van der Waals surface area contributed by atoms with E-state index in [-0.39, 0.29) is 0 Å². The van der Waals surface area contributed by atoms with Crippen LogP contribution in [-0.2, 0) is 13.1 Å². The van der Waals surface area contributed by atoms with Crippen molar-refractivity contribution in [3.63, 3.8) is 0 Å². The summed E-state index contributed by atoms with van der Waals surface area (Å²) in [5, 5.41) is 12.0. The molecule has 1 heterocycles. The van der Waals surface area contributed by atoms with Crippen LogP contribution >= 0.6 is 0 Å². The molecule has 0 saturated heterocycles. The van der Waals surface area contributed by atoms with Crippen LogP contribution in [0.5, 0.6) is 0 Å². The molecule has 1 aromatic heterocycles. The molecule has 2 aliphatic carbocycles. The molecular formula is C13H22N4. The van der Waals surface area contributed by atoms with Crippen molar-refractivity contribution < 1.29 is 0 Å². The summed E-state index contributed by atoms with van der Waals surface area (Å²) >= 11 is 0. The minimum absolute atomic E-state index is 0.715. The quantitative estimate of drug-likeness (QED) is 0.848. The van der Waals surface area contributed by atoms with E-state index < -0.39 is 0 Å². The molecule has 2 fully saturated rings. The van der Waals surface area contributed by atoms with E-state index in [1.165, 1.54) is 49.9 Å². The van der Waals surface area contributed by atoms with Gasteiger partial charge >= 0.3 is 0 Å². The fourth-order valence-corrected chi connectivity index (χ4v) is 2.98. The fourth-order valence-electron chi connectivity index (χ4n) is 2.98. The van der Waals surface area contributed by atoms with Crippen molar-refractivity contribution in [3.05, 3.63) is 11.4 Å². The monoisotopic (exact) mass is 234 g/mol. The Morgan fingerprint density at radius 1 is 1.24 bits per heavy atom. The Balaban J connectivity index is 1.85. The van der Waals surface area contributed by atoms with Crippen molar-refractivity contribution in [1.29, 1.82) is 0 Å². The van der Waals surface area contributed by atoms with Gasteiger partial charge in [0, 0.05) is 19.0 Å². The highest BCUT2D eigenvalue weighted by Gasteiger charge is 2.29. The summed E-state index contributed by atoms with van der Waals surface area (Å²) in [4.78, 5) is 0. The van der Waals surface area contributed by atoms with Gasteiger partial charge in [0.05, 0.1) is 11.4 Å². The first-order chi connectivity index (χ1) is 8.38. The first-order valence-electron chi connectivity index (χ1n) is 6.95. The molecule has 2 saturated carbocycles. The molecule has 0 spiro atoms. The summed E-state index contributed by atoms with van der Waals surface area (Å²) in [5.41, 5.74) is 2.61. The van der Waals surface area contributed by atoms with Crippen LogP contribution in [0.25, 0.3) is 0 Å². The standard InChI is InChI=1S/C13H22N4/c1-14-8-12-13(11-4-2-3-5-11)17(16-15-12)9-10-6-7-10/h10-11,14H,2-9H2,1H3. The van der Waals surface area contributed by atoms with E-state index >= 15 is 0 Å². The van der Waals surface area contributed by atoms with Gasteiger partial charge in [-0.15, -0.1) is 5.10 Å². The molecule has 94 valence electrons. The van der Waals surface area contributed by atoms with Gasteiger partial charge in [-0.1, -0.05) is 18.1 Å². The third-order valence-electron chi connectivity index (χ3n) is 4.06. The van der Waals surface area contributed by atoms with E-state index in [4.69, 9.17) is 0 Å². The smallest absolute Gasteiger partial charge is 0.0999 e. The minimum atomic E-state index is 0.715. The molecule has 3 rings (SSSR count). The number of nitrogens with zero attached hydrogens (tertiary/aromatic N) is 3. The molecular weight excluding hydrogens is 212 g/mol. The van der Waals surface area contributed by atoms with Crippen LogP contribution in [0, 0.1) is 5.92 Å². The Kier molecular flexibility index (Phi) is 3.14. The molecule has 0 aliphatic heterocycles. The van der Waals surface area contributed by atoms with E-state index in [1.54, 1.807) is 0 Å². The summed E-state index contributed by atoms with van der Waals surface area (Å²) in [6, 6.07) is 0. The largest absolute Gasteiger partial charge is 0.314 e. The maximum Gasteiger partial charge on any atom is 0.0999 e. The van der Waals surface area contributed by atoms with Crippen molar-refractivity contribution in [2.24, 2.45) is 5.92 Å². The zero-order valence-corrected chi connectivity index (χ0v) is 10.7. The van der Waals surface area contributed by atoms with Gasteiger partial charge in [0.2, 0.25) is 0 Å². The van der Waals surface area contributed by atoms with Crippen molar-refractivity contribution in [3.8, 4) is 0 Å².